The minimum atomic E-state index is -0.372. The maximum atomic E-state index is 12.5. The number of pyridine rings is 2. The number of benzene rings is 1. The highest BCUT2D eigenvalue weighted by molar-refractivity contribution is 5.98. The van der Waals surface area contributed by atoms with Crippen LogP contribution >= 0.6 is 0 Å². The van der Waals surface area contributed by atoms with Crippen molar-refractivity contribution in [2.45, 2.75) is 0 Å². The molecular formula is C27H28N8O3. The summed E-state index contributed by atoms with van der Waals surface area (Å²) in [7, 11) is 0. The van der Waals surface area contributed by atoms with Crippen LogP contribution in [0.1, 0.15) is 0 Å². The molecule has 1 fully saturated rings. The van der Waals surface area contributed by atoms with E-state index in [0.29, 0.717) is 35.2 Å². The number of carbonyl (C=O) groups is 1. The van der Waals surface area contributed by atoms with Gasteiger partial charge in [0, 0.05) is 62.6 Å². The standard InChI is InChI=1S/C27H28N8O3/c1-2-25(38)31-23-4-3-5-24(30-23)35-11-10-22(37)21-18-28-27(32-26(21)35)29-19-6-8-20(9-7-19)34-14-12-33(13-15-34)16-17-36/h2-11,18,36H,1,12-17H2,(H,28,29,32)(H,30,31,38). The number of amides is 1. The van der Waals surface area contributed by atoms with Gasteiger partial charge >= 0.3 is 0 Å². The first kappa shape index (κ1) is 25.1. The zero-order valence-electron chi connectivity index (χ0n) is 20.7. The molecule has 0 unspecified atom stereocenters. The highest BCUT2D eigenvalue weighted by atomic mass is 16.3. The highest BCUT2D eigenvalue weighted by Crippen LogP contribution is 2.22. The van der Waals surface area contributed by atoms with Crippen molar-refractivity contribution in [2.24, 2.45) is 0 Å². The van der Waals surface area contributed by atoms with Crippen LogP contribution in [0, 0.1) is 0 Å². The lowest BCUT2D eigenvalue weighted by Crippen LogP contribution is -2.47. The molecule has 1 aliphatic rings. The average Bonchev–Trinajstić information content (AvgIpc) is 2.94. The fraction of sp³-hybridized carbons (Fsp3) is 0.222. The lowest BCUT2D eigenvalue weighted by molar-refractivity contribution is -0.111. The van der Waals surface area contributed by atoms with Crippen LogP contribution in [0.2, 0.25) is 0 Å². The first-order valence-corrected chi connectivity index (χ1v) is 12.3. The Morgan fingerprint density at radius 3 is 2.58 bits per heavy atom. The first-order chi connectivity index (χ1) is 18.5. The number of aliphatic hydroxyl groups is 1. The molecule has 11 heteroatoms. The van der Waals surface area contributed by atoms with Gasteiger partial charge in [-0.1, -0.05) is 12.6 Å². The van der Waals surface area contributed by atoms with Crippen LogP contribution < -0.4 is 21.0 Å². The molecule has 1 amide bonds. The number of hydrogen-bond donors (Lipinski definition) is 3. The summed E-state index contributed by atoms with van der Waals surface area (Å²) in [4.78, 5) is 42.2. The number of fused-ring (bicyclic) bond motifs is 1. The summed E-state index contributed by atoms with van der Waals surface area (Å²) >= 11 is 0. The number of piperazine rings is 1. The predicted octanol–water partition coefficient (Wildman–Crippen LogP) is 2.16. The van der Waals surface area contributed by atoms with E-state index in [1.807, 2.05) is 24.3 Å². The Morgan fingerprint density at radius 1 is 1.05 bits per heavy atom. The number of carbonyl (C=O) groups excluding carboxylic acids is 1. The number of aliphatic hydroxyl groups excluding tert-OH is 1. The SMILES string of the molecule is C=CC(=O)Nc1cccc(-n2ccc(=O)c3cnc(Nc4ccc(N5CCN(CCO)CC5)cc4)nc32)n1. The fourth-order valence-electron chi connectivity index (χ4n) is 4.34. The quantitative estimate of drug-likeness (QED) is 0.304. The predicted molar refractivity (Wildman–Crippen MR) is 147 cm³/mol. The van der Waals surface area contributed by atoms with Gasteiger partial charge < -0.3 is 20.6 Å². The molecule has 3 aromatic heterocycles. The third-order valence-electron chi connectivity index (χ3n) is 6.33. The normalized spacial score (nSPS) is 13.9. The Labute approximate surface area is 219 Å². The van der Waals surface area contributed by atoms with Crippen LogP contribution in [0.3, 0.4) is 0 Å². The summed E-state index contributed by atoms with van der Waals surface area (Å²) in [5.74, 6) is 0.785. The summed E-state index contributed by atoms with van der Waals surface area (Å²) in [6, 6.07) is 14.6. The molecule has 5 rings (SSSR count). The number of nitrogens with zero attached hydrogens (tertiary/aromatic N) is 6. The van der Waals surface area contributed by atoms with Gasteiger partial charge in [0.2, 0.25) is 11.9 Å². The van der Waals surface area contributed by atoms with Gasteiger partial charge in [0.15, 0.2) is 11.1 Å². The zero-order chi connectivity index (χ0) is 26.5. The van der Waals surface area contributed by atoms with E-state index in [0.717, 1.165) is 37.6 Å². The van der Waals surface area contributed by atoms with Gasteiger partial charge in [-0.2, -0.15) is 4.98 Å². The van der Waals surface area contributed by atoms with Gasteiger partial charge in [-0.25, -0.2) is 9.97 Å². The molecule has 4 heterocycles. The maximum Gasteiger partial charge on any atom is 0.248 e. The summed E-state index contributed by atoms with van der Waals surface area (Å²) in [5, 5.41) is 15.3. The first-order valence-electron chi connectivity index (χ1n) is 12.3. The van der Waals surface area contributed by atoms with Crippen molar-refractivity contribution in [2.75, 3.05) is 54.9 Å². The minimum Gasteiger partial charge on any atom is -0.395 e. The molecule has 1 aromatic carbocycles. The Hall–Kier alpha value is -4.61. The van der Waals surface area contributed by atoms with Gasteiger partial charge in [0.1, 0.15) is 11.6 Å². The lowest BCUT2D eigenvalue weighted by atomic mass is 10.2. The molecule has 3 N–H and O–H groups in total. The van der Waals surface area contributed by atoms with Gasteiger partial charge in [-0.05, 0) is 42.5 Å². The molecule has 0 atom stereocenters. The Balaban J connectivity index is 1.37. The third kappa shape index (κ3) is 5.53. The Kier molecular flexibility index (Phi) is 7.38. The topological polar surface area (TPSA) is 129 Å². The van der Waals surface area contributed by atoms with Gasteiger partial charge in [0.25, 0.3) is 0 Å². The van der Waals surface area contributed by atoms with E-state index in [1.54, 1.807) is 29.0 Å². The van der Waals surface area contributed by atoms with E-state index in [2.05, 4.69) is 42.0 Å². The fourth-order valence-corrected chi connectivity index (χ4v) is 4.34. The van der Waals surface area contributed by atoms with E-state index in [1.165, 1.54) is 18.3 Å². The van der Waals surface area contributed by atoms with E-state index in [9.17, 15) is 9.59 Å². The van der Waals surface area contributed by atoms with E-state index in [-0.39, 0.29) is 17.9 Å². The largest absolute Gasteiger partial charge is 0.395 e. The monoisotopic (exact) mass is 512 g/mol. The van der Waals surface area contributed by atoms with Crippen molar-refractivity contribution in [1.82, 2.24) is 24.4 Å². The number of β-amino-alcohol motifs (C(OH)–C–C–N with tert-alkyl or cyclic N) is 1. The number of rotatable bonds is 8. The van der Waals surface area contributed by atoms with E-state index >= 15 is 0 Å². The highest BCUT2D eigenvalue weighted by Gasteiger charge is 2.17. The molecule has 194 valence electrons. The van der Waals surface area contributed by atoms with Crippen LogP contribution in [0.15, 0.2) is 78.4 Å². The van der Waals surface area contributed by atoms with Crippen LogP contribution in [0.25, 0.3) is 16.9 Å². The molecule has 38 heavy (non-hydrogen) atoms. The summed E-state index contributed by atoms with van der Waals surface area (Å²) in [5.41, 5.74) is 2.11. The van der Waals surface area contributed by atoms with E-state index in [4.69, 9.17) is 5.11 Å². The molecular weight excluding hydrogens is 484 g/mol. The molecule has 0 spiro atoms. The Morgan fingerprint density at radius 2 is 1.84 bits per heavy atom. The third-order valence-corrected chi connectivity index (χ3v) is 6.33. The number of aromatic nitrogens is 4. The molecule has 11 nitrogen and oxygen atoms in total. The minimum absolute atomic E-state index is 0.185. The molecule has 0 radical (unpaired) electrons. The van der Waals surface area contributed by atoms with Crippen LogP contribution in [0.4, 0.5) is 23.1 Å². The molecule has 0 bridgehead atoms. The molecule has 0 saturated carbocycles. The molecule has 0 aliphatic carbocycles. The lowest BCUT2D eigenvalue weighted by Gasteiger charge is -2.35. The van der Waals surface area contributed by atoms with Crippen molar-refractivity contribution in [3.05, 3.63) is 83.8 Å². The smallest absolute Gasteiger partial charge is 0.248 e. The second-order valence-corrected chi connectivity index (χ2v) is 8.78. The van der Waals surface area contributed by atoms with Crippen molar-refractivity contribution in [3.8, 4) is 5.82 Å². The van der Waals surface area contributed by atoms with Crippen LogP contribution in [0.5, 0.6) is 0 Å². The van der Waals surface area contributed by atoms with Crippen molar-refractivity contribution in [1.29, 1.82) is 0 Å². The average molecular weight is 513 g/mol. The Bertz CT molecular complexity index is 1510. The van der Waals surface area contributed by atoms with Crippen molar-refractivity contribution >= 4 is 40.1 Å². The second kappa shape index (κ2) is 11.2. The zero-order valence-corrected chi connectivity index (χ0v) is 20.7. The van der Waals surface area contributed by atoms with E-state index < -0.39 is 0 Å². The van der Waals surface area contributed by atoms with Crippen molar-refractivity contribution < 1.29 is 9.90 Å². The van der Waals surface area contributed by atoms with Gasteiger partial charge in [-0.3, -0.25) is 19.1 Å². The van der Waals surface area contributed by atoms with Crippen molar-refractivity contribution in [3.63, 3.8) is 0 Å². The molecule has 1 saturated heterocycles. The van der Waals surface area contributed by atoms with Gasteiger partial charge in [0.05, 0.1) is 12.0 Å². The second-order valence-electron chi connectivity index (χ2n) is 8.78. The number of anilines is 4. The number of hydrogen-bond acceptors (Lipinski definition) is 9. The van der Waals surface area contributed by atoms with Crippen LogP contribution in [-0.4, -0.2) is 74.8 Å². The number of nitrogens with one attached hydrogen (secondary N) is 2. The van der Waals surface area contributed by atoms with Crippen LogP contribution in [-0.2, 0) is 4.79 Å². The summed E-state index contributed by atoms with van der Waals surface area (Å²) in [6.07, 6.45) is 4.26. The maximum absolute atomic E-state index is 12.5. The van der Waals surface area contributed by atoms with Gasteiger partial charge in [-0.15, -0.1) is 0 Å². The molecule has 1 aliphatic heterocycles. The summed E-state index contributed by atoms with van der Waals surface area (Å²) in [6.45, 7) is 8.01. The molecule has 4 aromatic rings. The summed E-state index contributed by atoms with van der Waals surface area (Å²) < 4.78 is 1.67.